The maximum Gasteiger partial charge on any atom is 0.252 e. The van der Waals surface area contributed by atoms with Gasteiger partial charge in [0, 0.05) is 42.7 Å². The second-order valence-electron chi connectivity index (χ2n) is 7.40. The molecular formula is C24H27N3O2. The lowest BCUT2D eigenvalue weighted by Gasteiger charge is -2.29. The van der Waals surface area contributed by atoms with Gasteiger partial charge in [-0.05, 0) is 36.7 Å². The van der Waals surface area contributed by atoms with Crippen LogP contribution in [0.2, 0.25) is 0 Å². The number of aromatic nitrogens is 1. The summed E-state index contributed by atoms with van der Waals surface area (Å²) in [6.07, 6.45) is 1.67. The summed E-state index contributed by atoms with van der Waals surface area (Å²) in [4.78, 5) is 20.5. The van der Waals surface area contributed by atoms with Gasteiger partial charge < -0.3 is 10.1 Å². The van der Waals surface area contributed by atoms with E-state index in [-0.39, 0.29) is 5.91 Å². The number of pyridine rings is 1. The van der Waals surface area contributed by atoms with E-state index >= 15 is 0 Å². The SMILES string of the molecule is CCN1CCc2nc3ccccc3c(C(=O)NCCc3ccc(OC)cc3)c2C1. The molecule has 0 fully saturated rings. The van der Waals surface area contributed by atoms with Gasteiger partial charge in [-0.15, -0.1) is 0 Å². The first kappa shape index (κ1) is 19.4. The number of likely N-dealkylation sites (N-methyl/N-ethyl adjacent to an activating group) is 1. The predicted molar refractivity (Wildman–Crippen MR) is 115 cm³/mol. The number of nitrogens with one attached hydrogen (secondary N) is 1. The van der Waals surface area contributed by atoms with Crippen LogP contribution < -0.4 is 10.1 Å². The molecule has 1 aromatic heterocycles. The molecule has 5 nitrogen and oxygen atoms in total. The van der Waals surface area contributed by atoms with Gasteiger partial charge >= 0.3 is 0 Å². The van der Waals surface area contributed by atoms with Crippen LogP contribution >= 0.6 is 0 Å². The Labute approximate surface area is 171 Å². The van der Waals surface area contributed by atoms with Crippen LogP contribution in [-0.2, 0) is 19.4 Å². The summed E-state index contributed by atoms with van der Waals surface area (Å²) in [6.45, 7) is 5.51. The number of benzene rings is 2. The number of hydrogen-bond acceptors (Lipinski definition) is 4. The molecule has 4 rings (SSSR count). The number of amides is 1. The van der Waals surface area contributed by atoms with Crippen LogP contribution in [0.15, 0.2) is 48.5 Å². The minimum atomic E-state index is -0.00804. The molecule has 0 unspecified atom stereocenters. The van der Waals surface area contributed by atoms with Crippen molar-refractivity contribution in [3.8, 4) is 5.75 Å². The average Bonchev–Trinajstić information content (AvgIpc) is 2.77. The van der Waals surface area contributed by atoms with E-state index in [2.05, 4.69) is 17.1 Å². The highest BCUT2D eigenvalue weighted by atomic mass is 16.5. The van der Waals surface area contributed by atoms with Gasteiger partial charge in [0.1, 0.15) is 5.75 Å². The van der Waals surface area contributed by atoms with Gasteiger partial charge in [-0.1, -0.05) is 37.3 Å². The Morgan fingerprint density at radius 3 is 2.72 bits per heavy atom. The van der Waals surface area contributed by atoms with Crippen molar-refractivity contribution in [2.75, 3.05) is 26.7 Å². The van der Waals surface area contributed by atoms with E-state index in [9.17, 15) is 4.79 Å². The topological polar surface area (TPSA) is 54.5 Å². The van der Waals surface area contributed by atoms with Gasteiger partial charge in [-0.3, -0.25) is 14.7 Å². The third-order valence-electron chi connectivity index (χ3n) is 5.66. The summed E-state index contributed by atoms with van der Waals surface area (Å²) in [5.74, 6) is 0.833. The van der Waals surface area contributed by atoms with Crippen molar-refractivity contribution in [2.24, 2.45) is 0 Å². The number of para-hydroxylation sites is 1. The van der Waals surface area contributed by atoms with E-state index in [0.29, 0.717) is 6.54 Å². The zero-order valence-corrected chi connectivity index (χ0v) is 17.1. The first-order valence-electron chi connectivity index (χ1n) is 10.2. The van der Waals surface area contributed by atoms with Crippen molar-refractivity contribution in [1.82, 2.24) is 15.2 Å². The number of nitrogens with zero attached hydrogens (tertiary/aromatic N) is 2. The maximum absolute atomic E-state index is 13.2. The third-order valence-corrected chi connectivity index (χ3v) is 5.66. The second kappa shape index (κ2) is 8.62. The number of ether oxygens (including phenoxy) is 1. The minimum absolute atomic E-state index is 0.00804. The van der Waals surface area contributed by atoms with Gasteiger partial charge in [0.05, 0.1) is 18.2 Å². The number of methoxy groups -OCH3 is 1. The fourth-order valence-corrected chi connectivity index (χ4v) is 3.98. The zero-order chi connectivity index (χ0) is 20.2. The quantitative estimate of drug-likeness (QED) is 0.700. The number of hydrogen-bond donors (Lipinski definition) is 1. The summed E-state index contributed by atoms with van der Waals surface area (Å²) in [5.41, 5.74) is 5.01. The molecular weight excluding hydrogens is 362 g/mol. The van der Waals surface area contributed by atoms with Crippen molar-refractivity contribution in [3.63, 3.8) is 0 Å². The Kier molecular flexibility index (Phi) is 5.76. The largest absolute Gasteiger partial charge is 0.497 e. The standard InChI is InChI=1S/C24H27N3O2/c1-3-27-15-13-22-20(16-27)23(19-6-4-5-7-21(19)26-22)24(28)25-14-12-17-8-10-18(29-2)11-9-17/h4-11H,3,12-16H2,1-2H3,(H,25,28). The number of rotatable bonds is 6. The number of carbonyl (C=O) groups excluding carboxylic acids is 1. The molecule has 1 aliphatic rings. The first-order chi connectivity index (χ1) is 14.2. The Bertz CT molecular complexity index is 1010. The maximum atomic E-state index is 13.2. The van der Waals surface area contributed by atoms with Crippen molar-refractivity contribution in [1.29, 1.82) is 0 Å². The molecule has 0 saturated carbocycles. The van der Waals surface area contributed by atoms with Gasteiger partial charge in [-0.25, -0.2) is 0 Å². The summed E-state index contributed by atoms with van der Waals surface area (Å²) >= 11 is 0. The second-order valence-corrected chi connectivity index (χ2v) is 7.40. The van der Waals surface area contributed by atoms with Crippen LogP contribution in [-0.4, -0.2) is 42.5 Å². The Morgan fingerprint density at radius 1 is 1.17 bits per heavy atom. The van der Waals surface area contributed by atoms with Crippen molar-refractivity contribution >= 4 is 16.8 Å². The van der Waals surface area contributed by atoms with Crippen LogP contribution in [0.5, 0.6) is 5.75 Å². The highest BCUT2D eigenvalue weighted by Gasteiger charge is 2.25. The smallest absolute Gasteiger partial charge is 0.252 e. The molecule has 0 spiro atoms. The lowest BCUT2D eigenvalue weighted by atomic mass is 9.95. The molecule has 0 aliphatic carbocycles. The summed E-state index contributed by atoms with van der Waals surface area (Å²) in [6, 6.07) is 15.9. The molecule has 1 amide bonds. The van der Waals surface area contributed by atoms with E-state index in [0.717, 1.165) is 65.9 Å². The van der Waals surface area contributed by atoms with Crippen LogP contribution in [0.25, 0.3) is 10.9 Å². The van der Waals surface area contributed by atoms with E-state index in [1.165, 1.54) is 5.56 Å². The lowest BCUT2D eigenvalue weighted by molar-refractivity contribution is 0.0953. The minimum Gasteiger partial charge on any atom is -0.497 e. The molecule has 0 radical (unpaired) electrons. The fraction of sp³-hybridized carbons (Fsp3) is 0.333. The van der Waals surface area contributed by atoms with E-state index in [4.69, 9.17) is 9.72 Å². The van der Waals surface area contributed by atoms with Crippen LogP contribution in [0.1, 0.15) is 34.1 Å². The summed E-state index contributed by atoms with van der Waals surface area (Å²) < 4.78 is 5.20. The molecule has 3 aromatic rings. The van der Waals surface area contributed by atoms with E-state index in [1.54, 1.807) is 7.11 Å². The van der Waals surface area contributed by atoms with Crippen LogP contribution in [0, 0.1) is 0 Å². The van der Waals surface area contributed by atoms with Crippen LogP contribution in [0.3, 0.4) is 0 Å². The predicted octanol–water partition coefficient (Wildman–Crippen LogP) is 3.59. The lowest BCUT2D eigenvalue weighted by Crippen LogP contribution is -2.34. The molecule has 1 N–H and O–H groups in total. The Balaban J connectivity index is 1.57. The molecule has 2 heterocycles. The number of carbonyl (C=O) groups is 1. The van der Waals surface area contributed by atoms with Gasteiger partial charge in [0.15, 0.2) is 0 Å². The molecule has 1 aliphatic heterocycles. The van der Waals surface area contributed by atoms with Gasteiger partial charge in [0.25, 0.3) is 5.91 Å². The van der Waals surface area contributed by atoms with Gasteiger partial charge in [-0.2, -0.15) is 0 Å². The first-order valence-corrected chi connectivity index (χ1v) is 10.2. The molecule has 0 bridgehead atoms. The Morgan fingerprint density at radius 2 is 1.97 bits per heavy atom. The van der Waals surface area contributed by atoms with E-state index in [1.807, 2.05) is 48.5 Å². The summed E-state index contributed by atoms with van der Waals surface area (Å²) in [5, 5.41) is 4.07. The molecule has 0 saturated heterocycles. The normalized spacial score (nSPS) is 13.9. The third kappa shape index (κ3) is 4.10. The van der Waals surface area contributed by atoms with Crippen molar-refractivity contribution in [2.45, 2.75) is 26.3 Å². The van der Waals surface area contributed by atoms with Crippen LogP contribution in [0.4, 0.5) is 0 Å². The molecule has 29 heavy (non-hydrogen) atoms. The highest BCUT2D eigenvalue weighted by Crippen LogP contribution is 2.28. The summed E-state index contributed by atoms with van der Waals surface area (Å²) in [7, 11) is 1.66. The fourth-order valence-electron chi connectivity index (χ4n) is 3.98. The molecule has 150 valence electrons. The Hall–Kier alpha value is -2.92. The zero-order valence-electron chi connectivity index (χ0n) is 17.1. The van der Waals surface area contributed by atoms with Crippen molar-refractivity contribution in [3.05, 3.63) is 70.9 Å². The number of fused-ring (bicyclic) bond motifs is 2. The molecule has 5 heteroatoms. The monoisotopic (exact) mass is 389 g/mol. The molecule has 0 atom stereocenters. The van der Waals surface area contributed by atoms with Gasteiger partial charge in [0.2, 0.25) is 0 Å². The highest BCUT2D eigenvalue weighted by molar-refractivity contribution is 6.07. The van der Waals surface area contributed by atoms with Crippen molar-refractivity contribution < 1.29 is 9.53 Å². The molecule has 2 aromatic carbocycles. The average molecular weight is 389 g/mol. The van der Waals surface area contributed by atoms with E-state index < -0.39 is 0 Å².